The molecule has 0 saturated carbocycles. The molecule has 1 aromatic heterocycles. The van der Waals surface area contributed by atoms with Gasteiger partial charge in [-0.05, 0) is 25.1 Å². The summed E-state index contributed by atoms with van der Waals surface area (Å²) in [5.41, 5.74) is 0.440. The highest BCUT2D eigenvalue weighted by molar-refractivity contribution is 6.30. The summed E-state index contributed by atoms with van der Waals surface area (Å²) in [6.45, 7) is 7.43. The number of aromatic nitrogens is 2. The van der Waals surface area contributed by atoms with Crippen LogP contribution in [0.3, 0.4) is 0 Å². The van der Waals surface area contributed by atoms with E-state index >= 15 is 0 Å². The van der Waals surface area contributed by atoms with Crippen LogP contribution in [0.5, 0.6) is 0 Å². The number of aromatic amines is 1. The molecule has 0 unspecified atom stereocenters. The summed E-state index contributed by atoms with van der Waals surface area (Å²) in [5, 5.41) is 0.310. The molecule has 5 heteroatoms. The van der Waals surface area contributed by atoms with Crippen molar-refractivity contribution in [2.45, 2.75) is 33.1 Å². The average molecular weight is 295 g/mol. The van der Waals surface area contributed by atoms with Gasteiger partial charge in [0.05, 0.1) is 5.69 Å². The maximum atomic E-state index is 14.0. The lowest BCUT2D eigenvalue weighted by atomic mass is 9.95. The predicted octanol–water partition coefficient (Wildman–Crippen LogP) is 3.84. The van der Waals surface area contributed by atoms with Crippen LogP contribution in [0, 0.1) is 12.7 Å². The number of nitrogens with one attached hydrogen (secondary N) is 1. The highest BCUT2D eigenvalue weighted by Gasteiger charge is 2.21. The molecule has 2 rings (SSSR count). The zero-order valence-corrected chi connectivity index (χ0v) is 12.6. The summed E-state index contributed by atoms with van der Waals surface area (Å²) in [5.74, 6) is 0.0380. The molecular weight excluding hydrogens is 279 g/mol. The Labute approximate surface area is 121 Å². The number of hydrogen-bond acceptors (Lipinski definition) is 2. The van der Waals surface area contributed by atoms with E-state index in [1.165, 1.54) is 6.07 Å². The van der Waals surface area contributed by atoms with Gasteiger partial charge in [-0.15, -0.1) is 0 Å². The van der Waals surface area contributed by atoms with Gasteiger partial charge in [0, 0.05) is 21.6 Å². The van der Waals surface area contributed by atoms with E-state index in [9.17, 15) is 9.18 Å². The van der Waals surface area contributed by atoms with Gasteiger partial charge in [-0.3, -0.25) is 4.79 Å². The molecule has 2 aromatic rings. The lowest BCUT2D eigenvalue weighted by Gasteiger charge is -2.19. The number of nitrogens with zero attached hydrogens (tertiary/aromatic N) is 1. The molecule has 1 N–H and O–H groups in total. The monoisotopic (exact) mass is 294 g/mol. The maximum absolute atomic E-state index is 14.0. The fourth-order valence-electron chi connectivity index (χ4n) is 1.83. The van der Waals surface area contributed by atoms with E-state index in [1.807, 2.05) is 20.8 Å². The van der Waals surface area contributed by atoms with E-state index in [2.05, 4.69) is 9.97 Å². The number of halogens is 2. The van der Waals surface area contributed by atoms with E-state index < -0.39 is 5.82 Å². The molecule has 20 heavy (non-hydrogen) atoms. The van der Waals surface area contributed by atoms with Crippen LogP contribution in [0.15, 0.2) is 23.0 Å². The zero-order valence-electron chi connectivity index (χ0n) is 11.8. The lowest BCUT2D eigenvalue weighted by Crippen LogP contribution is -2.24. The molecule has 0 amide bonds. The molecule has 0 spiro atoms. The Morgan fingerprint density at radius 2 is 1.95 bits per heavy atom. The largest absolute Gasteiger partial charge is 0.310 e. The molecule has 3 nitrogen and oxygen atoms in total. The smallest absolute Gasteiger partial charge is 0.254 e. The second-order valence-corrected chi connectivity index (χ2v) is 6.20. The van der Waals surface area contributed by atoms with Crippen molar-refractivity contribution in [2.75, 3.05) is 0 Å². The molecule has 0 saturated heterocycles. The van der Waals surface area contributed by atoms with Crippen LogP contribution in [0.2, 0.25) is 5.02 Å². The predicted molar refractivity (Wildman–Crippen MR) is 78.7 cm³/mol. The van der Waals surface area contributed by atoms with Crippen molar-refractivity contribution in [3.63, 3.8) is 0 Å². The van der Waals surface area contributed by atoms with Gasteiger partial charge in [0.25, 0.3) is 5.56 Å². The molecule has 0 bridgehead atoms. The van der Waals surface area contributed by atoms with Crippen molar-refractivity contribution < 1.29 is 4.39 Å². The first-order chi connectivity index (χ1) is 9.20. The third-order valence-electron chi connectivity index (χ3n) is 3.05. The van der Waals surface area contributed by atoms with Gasteiger partial charge in [0.15, 0.2) is 0 Å². The molecule has 1 aromatic carbocycles. The van der Waals surface area contributed by atoms with E-state index in [-0.39, 0.29) is 16.5 Å². The van der Waals surface area contributed by atoms with Gasteiger partial charge in [-0.1, -0.05) is 32.4 Å². The zero-order chi connectivity index (χ0) is 15.1. The molecule has 0 radical (unpaired) electrons. The standard InChI is InChI=1S/C15H16ClFN2O/c1-8-12(10-6-5-9(16)7-11(10)17)18-14(15(2,3)4)19-13(8)20/h5-7H,1-4H3,(H,18,19,20). The van der Waals surface area contributed by atoms with Crippen molar-refractivity contribution in [2.24, 2.45) is 0 Å². The quantitative estimate of drug-likeness (QED) is 0.868. The van der Waals surface area contributed by atoms with Gasteiger partial charge in [-0.2, -0.15) is 0 Å². The van der Waals surface area contributed by atoms with Crippen LogP contribution < -0.4 is 5.56 Å². The minimum atomic E-state index is -0.487. The second kappa shape index (κ2) is 5.02. The van der Waals surface area contributed by atoms with Gasteiger partial charge >= 0.3 is 0 Å². The Hall–Kier alpha value is -1.68. The van der Waals surface area contributed by atoms with Crippen molar-refractivity contribution in [3.05, 3.63) is 50.8 Å². The Morgan fingerprint density at radius 3 is 2.50 bits per heavy atom. The van der Waals surface area contributed by atoms with Gasteiger partial charge in [0.1, 0.15) is 11.6 Å². The van der Waals surface area contributed by atoms with Crippen molar-refractivity contribution >= 4 is 11.6 Å². The van der Waals surface area contributed by atoms with E-state index in [1.54, 1.807) is 19.1 Å². The van der Waals surface area contributed by atoms with Crippen LogP contribution in [0.1, 0.15) is 32.2 Å². The molecular formula is C15H16ClFN2O. The molecule has 106 valence electrons. The highest BCUT2D eigenvalue weighted by Crippen LogP contribution is 2.27. The summed E-state index contributed by atoms with van der Waals surface area (Å²) >= 11 is 5.75. The second-order valence-electron chi connectivity index (χ2n) is 5.76. The Bertz CT molecular complexity index is 717. The summed E-state index contributed by atoms with van der Waals surface area (Å²) in [6, 6.07) is 4.34. The minimum Gasteiger partial charge on any atom is -0.310 e. The summed E-state index contributed by atoms with van der Waals surface area (Å²) in [7, 11) is 0. The van der Waals surface area contributed by atoms with Crippen LogP contribution >= 0.6 is 11.6 Å². The number of rotatable bonds is 1. The topological polar surface area (TPSA) is 45.8 Å². The van der Waals surface area contributed by atoms with Gasteiger partial charge in [-0.25, -0.2) is 9.37 Å². The summed E-state index contributed by atoms with van der Waals surface area (Å²) < 4.78 is 14.0. The third-order valence-corrected chi connectivity index (χ3v) is 3.28. The molecule has 1 heterocycles. The SMILES string of the molecule is Cc1c(-c2ccc(Cl)cc2F)nc(C(C)(C)C)[nH]c1=O. The van der Waals surface area contributed by atoms with E-state index in [4.69, 9.17) is 11.6 Å². The van der Waals surface area contributed by atoms with Crippen LogP contribution in [0.25, 0.3) is 11.3 Å². The van der Waals surface area contributed by atoms with Crippen LogP contribution in [-0.4, -0.2) is 9.97 Å². The van der Waals surface area contributed by atoms with Crippen molar-refractivity contribution in [3.8, 4) is 11.3 Å². The number of hydrogen-bond donors (Lipinski definition) is 1. The van der Waals surface area contributed by atoms with Gasteiger partial charge < -0.3 is 4.98 Å². The average Bonchev–Trinajstić information content (AvgIpc) is 2.32. The normalized spacial score (nSPS) is 11.7. The summed E-state index contributed by atoms with van der Waals surface area (Å²) in [6.07, 6.45) is 0. The molecule has 0 aliphatic heterocycles. The minimum absolute atomic E-state index is 0.255. The van der Waals surface area contributed by atoms with E-state index in [0.29, 0.717) is 22.1 Å². The molecule has 0 aliphatic carbocycles. The van der Waals surface area contributed by atoms with Crippen LogP contribution in [0.4, 0.5) is 4.39 Å². The van der Waals surface area contributed by atoms with Crippen molar-refractivity contribution in [1.82, 2.24) is 9.97 Å². The third kappa shape index (κ3) is 2.75. The van der Waals surface area contributed by atoms with Gasteiger partial charge in [0.2, 0.25) is 0 Å². The Morgan fingerprint density at radius 1 is 1.30 bits per heavy atom. The van der Waals surface area contributed by atoms with Crippen LogP contribution in [-0.2, 0) is 5.41 Å². The lowest BCUT2D eigenvalue weighted by molar-refractivity contribution is 0.542. The fourth-order valence-corrected chi connectivity index (χ4v) is 1.99. The molecule has 0 fully saturated rings. The maximum Gasteiger partial charge on any atom is 0.254 e. The first-order valence-corrected chi connectivity index (χ1v) is 6.65. The fraction of sp³-hybridized carbons (Fsp3) is 0.333. The highest BCUT2D eigenvalue weighted by atomic mass is 35.5. The first kappa shape index (κ1) is 14.7. The Kier molecular flexibility index (Phi) is 3.69. The number of H-pyrrole nitrogens is 1. The molecule has 0 aliphatic rings. The first-order valence-electron chi connectivity index (χ1n) is 6.27. The molecule has 0 atom stereocenters. The van der Waals surface area contributed by atoms with E-state index in [0.717, 1.165) is 0 Å². The summed E-state index contributed by atoms with van der Waals surface area (Å²) in [4.78, 5) is 19.2. The Balaban J connectivity index is 2.73. The number of benzene rings is 1. The van der Waals surface area contributed by atoms with Crippen molar-refractivity contribution in [1.29, 1.82) is 0 Å².